The fourth-order valence-electron chi connectivity index (χ4n) is 1.10. The molecule has 0 heterocycles. The number of hydrogen-bond donors (Lipinski definition) is 0. The molecule has 1 aromatic carbocycles. The van der Waals surface area contributed by atoms with Crippen LogP contribution in [0.4, 0.5) is 0 Å². The van der Waals surface area contributed by atoms with Crippen molar-refractivity contribution in [2.75, 3.05) is 13.7 Å². The molecule has 0 aromatic heterocycles. The van der Waals surface area contributed by atoms with Gasteiger partial charge in [-0.05, 0) is 18.1 Å². The van der Waals surface area contributed by atoms with Gasteiger partial charge in [0.15, 0.2) is 0 Å². The Morgan fingerprint density at radius 1 is 1.33 bits per heavy atom. The summed E-state index contributed by atoms with van der Waals surface area (Å²) in [5.74, 6) is 0. The molecule has 0 saturated carbocycles. The molecule has 0 spiro atoms. The van der Waals surface area contributed by atoms with Gasteiger partial charge in [0.2, 0.25) is 0 Å². The van der Waals surface area contributed by atoms with Crippen LogP contribution in [0.5, 0.6) is 0 Å². The summed E-state index contributed by atoms with van der Waals surface area (Å²) in [6, 6.07) is 10.2. The van der Waals surface area contributed by atoms with Crippen molar-refractivity contribution in [2.24, 2.45) is 0 Å². The van der Waals surface area contributed by atoms with Crippen LogP contribution < -0.4 is 0 Å². The lowest BCUT2D eigenvalue weighted by Gasteiger charge is -1.98. The van der Waals surface area contributed by atoms with E-state index in [1.807, 2.05) is 18.2 Å². The van der Waals surface area contributed by atoms with Gasteiger partial charge < -0.3 is 4.74 Å². The SMILES string of the molecule is COC/C(C)=C/c1ccccc1. The zero-order valence-electron chi connectivity index (χ0n) is 7.58. The van der Waals surface area contributed by atoms with Gasteiger partial charge in [0.1, 0.15) is 0 Å². The molecule has 1 aromatic rings. The molecular weight excluding hydrogens is 148 g/mol. The minimum atomic E-state index is 0.703. The summed E-state index contributed by atoms with van der Waals surface area (Å²) < 4.78 is 5.01. The first-order chi connectivity index (χ1) is 5.83. The molecule has 1 nitrogen and oxygen atoms in total. The first-order valence-corrected chi connectivity index (χ1v) is 4.04. The predicted octanol–water partition coefficient (Wildman–Crippen LogP) is 2.74. The van der Waals surface area contributed by atoms with Gasteiger partial charge >= 0.3 is 0 Å². The molecule has 0 atom stereocenters. The van der Waals surface area contributed by atoms with Crippen LogP contribution in [0.15, 0.2) is 35.9 Å². The van der Waals surface area contributed by atoms with E-state index in [9.17, 15) is 0 Å². The molecular formula is C11H14O. The highest BCUT2D eigenvalue weighted by Crippen LogP contribution is 2.05. The van der Waals surface area contributed by atoms with Crippen molar-refractivity contribution < 1.29 is 4.74 Å². The van der Waals surface area contributed by atoms with Crippen LogP contribution in [0.1, 0.15) is 12.5 Å². The number of benzene rings is 1. The smallest absolute Gasteiger partial charge is 0.0673 e. The van der Waals surface area contributed by atoms with E-state index in [2.05, 4.69) is 25.1 Å². The summed E-state index contributed by atoms with van der Waals surface area (Å²) >= 11 is 0. The second-order valence-corrected chi connectivity index (χ2v) is 2.83. The van der Waals surface area contributed by atoms with Crippen LogP contribution in [-0.2, 0) is 4.74 Å². The molecule has 0 aliphatic rings. The molecule has 1 heteroatoms. The Kier molecular flexibility index (Phi) is 3.55. The Hall–Kier alpha value is -1.08. The highest BCUT2D eigenvalue weighted by Gasteiger charge is 1.88. The number of methoxy groups -OCH3 is 1. The highest BCUT2D eigenvalue weighted by atomic mass is 16.5. The van der Waals surface area contributed by atoms with Gasteiger partial charge in [0.25, 0.3) is 0 Å². The summed E-state index contributed by atoms with van der Waals surface area (Å²) in [5.41, 5.74) is 2.47. The van der Waals surface area contributed by atoms with E-state index in [0.717, 1.165) is 0 Å². The van der Waals surface area contributed by atoms with Crippen molar-refractivity contribution in [3.8, 4) is 0 Å². The monoisotopic (exact) mass is 162 g/mol. The maximum absolute atomic E-state index is 5.01. The van der Waals surface area contributed by atoms with E-state index in [-0.39, 0.29) is 0 Å². The van der Waals surface area contributed by atoms with Crippen LogP contribution in [0.3, 0.4) is 0 Å². The molecule has 0 radical (unpaired) electrons. The maximum Gasteiger partial charge on any atom is 0.0673 e. The third-order valence-corrected chi connectivity index (χ3v) is 1.58. The minimum absolute atomic E-state index is 0.703. The third kappa shape index (κ3) is 2.89. The second kappa shape index (κ2) is 4.73. The van der Waals surface area contributed by atoms with E-state index in [0.29, 0.717) is 6.61 Å². The Bertz CT molecular complexity index is 249. The van der Waals surface area contributed by atoms with E-state index in [1.165, 1.54) is 11.1 Å². The predicted molar refractivity (Wildman–Crippen MR) is 52.0 cm³/mol. The topological polar surface area (TPSA) is 9.23 Å². The zero-order chi connectivity index (χ0) is 8.81. The van der Waals surface area contributed by atoms with Gasteiger partial charge in [-0.2, -0.15) is 0 Å². The first kappa shape index (κ1) is 9.01. The lowest BCUT2D eigenvalue weighted by atomic mass is 10.1. The molecule has 0 saturated heterocycles. The van der Waals surface area contributed by atoms with E-state index in [4.69, 9.17) is 4.74 Å². The highest BCUT2D eigenvalue weighted by molar-refractivity contribution is 5.52. The summed E-state index contributed by atoms with van der Waals surface area (Å²) in [4.78, 5) is 0. The molecule has 0 N–H and O–H groups in total. The lowest BCUT2D eigenvalue weighted by molar-refractivity contribution is 0.226. The average molecular weight is 162 g/mol. The van der Waals surface area contributed by atoms with E-state index < -0.39 is 0 Å². The molecule has 0 amide bonds. The second-order valence-electron chi connectivity index (χ2n) is 2.83. The standard InChI is InChI=1S/C11H14O/c1-10(9-12-2)8-11-6-4-3-5-7-11/h3-8H,9H2,1-2H3/b10-8+. The van der Waals surface area contributed by atoms with Gasteiger partial charge in [-0.3, -0.25) is 0 Å². The summed E-state index contributed by atoms with van der Waals surface area (Å²) in [6.45, 7) is 2.77. The number of hydrogen-bond acceptors (Lipinski definition) is 1. The largest absolute Gasteiger partial charge is 0.380 e. The third-order valence-electron chi connectivity index (χ3n) is 1.58. The van der Waals surface area contributed by atoms with Gasteiger partial charge in [-0.1, -0.05) is 36.4 Å². The molecule has 0 aliphatic carbocycles. The summed E-state index contributed by atoms with van der Waals surface area (Å²) in [7, 11) is 1.71. The van der Waals surface area contributed by atoms with Crippen LogP contribution in [-0.4, -0.2) is 13.7 Å². The fourth-order valence-corrected chi connectivity index (χ4v) is 1.10. The molecule has 0 bridgehead atoms. The lowest BCUT2D eigenvalue weighted by Crippen LogP contribution is -1.88. The summed E-state index contributed by atoms with van der Waals surface area (Å²) in [6.07, 6.45) is 2.13. The van der Waals surface area contributed by atoms with Gasteiger partial charge in [0, 0.05) is 7.11 Å². The zero-order valence-corrected chi connectivity index (χ0v) is 7.58. The molecule has 64 valence electrons. The van der Waals surface area contributed by atoms with Crippen LogP contribution in [0, 0.1) is 0 Å². The molecule has 0 aliphatic heterocycles. The molecule has 1 rings (SSSR count). The van der Waals surface area contributed by atoms with Crippen molar-refractivity contribution in [1.82, 2.24) is 0 Å². The van der Waals surface area contributed by atoms with Gasteiger partial charge in [-0.15, -0.1) is 0 Å². The van der Waals surface area contributed by atoms with Crippen molar-refractivity contribution in [1.29, 1.82) is 0 Å². The molecule has 0 fully saturated rings. The van der Waals surface area contributed by atoms with Crippen molar-refractivity contribution in [3.63, 3.8) is 0 Å². The Balaban J connectivity index is 2.67. The number of ether oxygens (including phenoxy) is 1. The number of rotatable bonds is 3. The van der Waals surface area contributed by atoms with E-state index >= 15 is 0 Å². The Labute approximate surface area is 73.7 Å². The quantitative estimate of drug-likeness (QED) is 0.664. The fraction of sp³-hybridized carbons (Fsp3) is 0.273. The first-order valence-electron chi connectivity index (χ1n) is 4.04. The minimum Gasteiger partial charge on any atom is -0.380 e. The molecule has 12 heavy (non-hydrogen) atoms. The van der Waals surface area contributed by atoms with Gasteiger partial charge in [-0.25, -0.2) is 0 Å². The van der Waals surface area contributed by atoms with Gasteiger partial charge in [0.05, 0.1) is 6.61 Å². The van der Waals surface area contributed by atoms with Crippen LogP contribution >= 0.6 is 0 Å². The van der Waals surface area contributed by atoms with Crippen molar-refractivity contribution in [3.05, 3.63) is 41.5 Å². The average Bonchev–Trinajstić information content (AvgIpc) is 2.06. The van der Waals surface area contributed by atoms with Crippen molar-refractivity contribution in [2.45, 2.75) is 6.92 Å². The summed E-state index contributed by atoms with van der Waals surface area (Å²) in [5, 5.41) is 0. The van der Waals surface area contributed by atoms with Crippen LogP contribution in [0.2, 0.25) is 0 Å². The van der Waals surface area contributed by atoms with Crippen LogP contribution in [0.25, 0.3) is 6.08 Å². The maximum atomic E-state index is 5.01. The Morgan fingerprint density at radius 2 is 2.00 bits per heavy atom. The van der Waals surface area contributed by atoms with E-state index in [1.54, 1.807) is 7.11 Å². The molecule has 0 unspecified atom stereocenters. The van der Waals surface area contributed by atoms with Crippen molar-refractivity contribution >= 4 is 6.08 Å². The normalized spacial score (nSPS) is 11.7. The Morgan fingerprint density at radius 3 is 2.58 bits per heavy atom.